The largest absolute Gasteiger partial charge is 0.310 e. The van der Waals surface area contributed by atoms with Crippen LogP contribution in [0.1, 0.15) is 30.5 Å². The molecule has 2 heteroatoms. The number of rotatable bonds is 4. The topological polar surface area (TPSA) is 12.0 Å². The van der Waals surface area contributed by atoms with Crippen LogP contribution in [0.2, 0.25) is 0 Å². The highest BCUT2D eigenvalue weighted by Crippen LogP contribution is 2.26. The summed E-state index contributed by atoms with van der Waals surface area (Å²) in [6, 6.07) is 12.1. The molecule has 0 aliphatic rings. The van der Waals surface area contributed by atoms with E-state index in [1.165, 1.54) is 11.1 Å². The van der Waals surface area contributed by atoms with Crippen LogP contribution in [0.5, 0.6) is 0 Å². The Labute approximate surface area is 120 Å². The molecule has 0 saturated carbocycles. The van der Waals surface area contributed by atoms with Gasteiger partial charge >= 0.3 is 0 Å². The fourth-order valence-corrected chi connectivity index (χ4v) is 2.22. The first-order chi connectivity index (χ1) is 9.47. The van der Waals surface area contributed by atoms with Crippen molar-refractivity contribution in [1.82, 2.24) is 5.32 Å². The summed E-state index contributed by atoms with van der Waals surface area (Å²) in [7, 11) is 0. The van der Waals surface area contributed by atoms with Crippen LogP contribution in [-0.4, -0.2) is 6.04 Å². The van der Waals surface area contributed by atoms with Crippen LogP contribution in [0.4, 0.5) is 4.39 Å². The van der Waals surface area contributed by atoms with Crippen LogP contribution >= 0.6 is 0 Å². The normalized spacial score (nSPS) is 11.1. The predicted octanol–water partition coefficient (Wildman–Crippen LogP) is 4.61. The molecule has 0 aromatic heterocycles. The number of benzene rings is 2. The monoisotopic (exact) mass is 271 g/mol. The number of hydrogen-bond acceptors (Lipinski definition) is 1. The van der Waals surface area contributed by atoms with E-state index in [2.05, 4.69) is 51.2 Å². The van der Waals surface area contributed by atoms with Crippen LogP contribution in [0.3, 0.4) is 0 Å². The lowest BCUT2D eigenvalue weighted by molar-refractivity contribution is 0.553. The van der Waals surface area contributed by atoms with E-state index in [0.717, 1.165) is 11.1 Å². The van der Waals surface area contributed by atoms with Crippen molar-refractivity contribution in [3.8, 4) is 11.1 Å². The predicted molar refractivity (Wildman–Crippen MR) is 83.3 cm³/mol. The van der Waals surface area contributed by atoms with Crippen molar-refractivity contribution in [2.45, 2.75) is 40.3 Å². The fraction of sp³-hybridized carbons (Fsp3) is 0.333. The van der Waals surface area contributed by atoms with Gasteiger partial charge in [0, 0.05) is 18.2 Å². The molecule has 0 unspecified atom stereocenters. The van der Waals surface area contributed by atoms with Crippen LogP contribution in [0.15, 0.2) is 36.4 Å². The van der Waals surface area contributed by atoms with E-state index in [9.17, 15) is 4.39 Å². The minimum atomic E-state index is -0.142. The minimum Gasteiger partial charge on any atom is -0.310 e. The highest BCUT2D eigenvalue weighted by atomic mass is 19.1. The highest BCUT2D eigenvalue weighted by molar-refractivity contribution is 5.68. The molecule has 0 spiro atoms. The van der Waals surface area contributed by atoms with E-state index >= 15 is 0 Å². The minimum absolute atomic E-state index is 0.142. The average molecular weight is 271 g/mol. The lowest BCUT2D eigenvalue weighted by atomic mass is 9.97. The zero-order chi connectivity index (χ0) is 14.7. The number of nitrogens with one attached hydrogen (secondary N) is 1. The zero-order valence-corrected chi connectivity index (χ0v) is 12.6. The van der Waals surface area contributed by atoms with Crippen molar-refractivity contribution in [2.24, 2.45) is 0 Å². The van der Waals surface area contributed by atoms with Gasteiger partial charge in [0.25, 0.3) is 0 Å². The molecule has 0 radical (unpaired) electrons. The van der Waals surface area contributed by atoms with Gasteiger partial charge in [-0.2, -0.15) is 0 Å². The van der Waals surface area contributed by atoms with Crippen molar-refractivity contribution in [2.75, 3.05) is 0 Å². The van der Waals surface area contributed by atoms with Crippen molar-refractivity contribution in [1.29, 1.82) is 0 Å². The maximum atomic E-state index is 14.2. The summed E-state index contributed by atoms with van der Waals surface area (Å²) in [5, 5.41) is 3.24. The Morgan fingerprint density at radius 1 is 1.05 bits per heavy atom. The van der Waals surface area contributed by atoms with Gasteiger partial charge in [-0.05, 0) is 36.6 Å². The fourth-order valence-electron chi connectivity index (χ4n) is 2.22. The van der Waals surface area contributed by atoms with Gasteiger partial charge in [0.15, 0.2) is 0 Å². The molecule has 0 fully saturated rings. The van der Waals surface area contributed by atoms with Crippen LogP contribution in [0.25, 0.3) is 11.1 Å². The van der Waals surface area contributed by atoms with Gasteiger partial charge in [-0.1, -0.05) is 49.7 Å². The molecular weight excluding hydrogens is 249 g/mol. The molecule has 2 aromatic rings. The lowest BCUT2D eigenvalue weighted by Gasteiger charge is -2.12. The first kappa shape index (κ1) is 14.7. The molecule has 1 N–H and O–H groups in total. The lowest BCUT2D eigenvalue weighted by Crippen LogP contribution is -2.22. The van der Waals surface area contributed by atoms with E-state index in [-0.39, 0.29) is 5.82 Å². The molecule has 0 aliphatic heterocycles. The van der Waals surface area contributed by atoms with Gasteiger partial charge in [-0.15, -0.1) is 0 Å². The van der Waals surface area contributed by atoms with Crippen LogP contribution in [0, 0.1) is 19.7 Å². The summed E-state index contributed by atoms with van der Waals surface area (Å²) in [6.45, 7) is 8.79. The van der Waals surface area contributed by atoms with Crippen molar-refractivity contribution in [3.05, 3.63) is 58.9 Å². The Balaban J connectivity index is 2.31. The molecule has 0 atom stereocenters. The second-order valence-electron chi connectivity index (χ2n) is 5.66. The summed E-state index contributed by atoms with van der Waals surface area (Å²) in [5.41, 5.74) is 5.12. The smallest absolute Gasteiger partial charge is 0.128 e. The van der Waals surface area contributed by atoms with E-state index in [0.29, 0.717) is 18.2 Å². The van der Waals surface area contributed by atoms with E-state index in [1.807, 2.05) is 12.1 Å². The van der Waals surface area contributed by atoms with E-state index in [4.69, 9.17) is 0 Å². The molecule has 0 heterocycles. The Morgan fingerprint density at radius 2 is 1.80 bits per heavy atom. The molecule has 0 saturated heterocycles. The van der Waals surface area contributed by atoms with Crippen molar-refractivity contribution >= 4 is 0 Å². The number of aryl methyl sites for hydroxylation is 2. The standard InChI is InChI=1S/C18H22FN/c1-12(2)20-11-16-8-7-15(10-18(16)19)17-9-13(3)5-6-14(17)4/h5-10,12,20H,11H2,1-4H3. The highest BCUT2D eigenvalue weighted by Gasteiger charge is 2.07. The third-order valence-corrected chi connectivity index (χ3v) is 3.46. The molecule has 2 rings (SSSR count). The summed E-state index contributed by atoms with van der Waals surface area (Å²) in [4.78, 5) is 0. The third-order valence-electron chi connectivity index (χ3n) is 3.46. The molecule has 1 nitrogen and oxygen atoms in total. The summed E-state index contributed by atoms with van der Waals surface area (Å²) in [6.07, 6.45) is 0. The first-order valence-electron chi connectivity index (χ1n) is 7.07. The van der Waals surface area contributed by atoms with E-state index < -0.39 is 0 Å². The van der Waals surface area contributed by atoms with Crippen LogP contribution in [-0.2, 0) is 6.54 Å². The Hall–Kier alpha value is -1.67. The van der Waals surface area contributed by atoms with Crippen molar-refractivity contribution in [3.63, 3.8) is 0 Å². The summed E-state index contributed by atoms with van der Waals surface area (Å²) < 4.78 is 14.2. The molecule has 2 aromatic carbocycles. The summed E-state index contributed by atoms with van der Waals surface area (Å²) >= 11 is 0. The molecule has 20 heavy (non-hydrogen) atoms. The van der Waals surface area contributed by atoms with Gasteiger partial charge in [0.05, 0.1) is 0 Å². The second-order valence-corrected chi connectivity index (χ2v) is 5.66. The molecule has 0 aliphatic carbocycles. The SMILES string of the molecule is Cc1ccc(C)c(-c2ccc(CNC(C)C)c(F)c2)c1. The van der Waals surface area contributed by atoms with Gasteiger partial charge in [0.2, 0.25) is 0 Å². The number of hydrogen-bond donors (Lipinski definition) is 1. The molecule has 0 bridgehead atoms. The Kier molecular flexibility index (Phi) is 4.56. The summed E-state index contributed by atoms with van der Waals surface area (Å²) in [5.74, 6) is -0.142. The van der Waals surface area contributed by atoms with Crippen LogP contribution < -0.4 is 5.32 Å². The maximum Gasteiger partial charge on any atom is 0.128 e. The second kappa shape index (κ2) is 6.19. The van der Waals surface area contributed by atoms with Gasteiger partial charge in [0.1, 0.15) is 5.82 Å². The molecule has 106 valence electrons. The third kappa shape index (κ3) is 3.45. The Morgan fingerprint density at radius 3 is 2.45 bits per heavy atom. The number of halogens is 1. The van der Waals surface area contributed by atoms with Gasteiger partial charge < -0.3 is 5.32 Å². The average Bonchev–Trinajstić information content (AvgIpc) is 2.40. The van der Waals surface area contributed by atoms with Gasteiger partial charge in [-0.25, -0.2) is 4.39 Å². The molecule has 0 amide bonds. The maximum absolute atomic E-state index is 14.2. The quantitative estimate of drug-likeness (QED) is 0.856. The molecular formula is C18H22FN. The zero-order valence-electron chi connectivity index (χ0n) is 12.6. The Bertz CT molecular complexity index is 602. The van der Waals surface area contributed by atoms with Crippen molar-refractivity contribution < 1.29 is 4.39 Å². The first-order valence-corrected chi connectivity index (χ1v) is 7.07. The van der Waals surface area contributed by atoms with Gasteiger partial charge in [-0.3, -0.25) is 0 Å². The van der Waals surface area contributed by atoms with E-state index in [1.54, 1.807) is 6.07 Å².